The molecule has 0 spiro atoms. The predicted molar refractivity (Wildman–Crippen MR) is 61.0 cm³/mol. The highest BCUT2D eigenvalue weighted by Gasteiger charge is 2.32. The van der Waals surface area contributed by atoms with E-state index in [1.807, 2.05) is 13.8 Å². The van der Waals surface area contributed by atoms with Gasteiger partial charge in [-0.05, 0) is 37.1 Å². The minimum absolute atomic E-state index is 0.609. The van der Waals surface area contributed by atoms with Crippen LogP contribution in [-0.2, 0) is 0 Å². The summed E-state index contributed by atoms with van der Waals surface area (Å²) in [7, 11) is 0. The average Bonchev–Trinajstić information content (AvgIpc) is 2.21. The van der Waals surface area contributed by atoms with E-state index in [1.54, 1.807) is 0 Å². The van der Waals surface area contributed by atoms with Crippen LogP contribution in [0.15, 0.2) is 0 Å². The Morgan fingerprint density at radius 3 is 2.15 bits per heavy atom. The number of piperidine rings is 1. The molecule has 0 radical (unpaired) electrons. The van der Waals surface area contributed by atoms with Crippen LogP contribution >= 0.6 is 0 Å². The summed E-state index contributed by atoms with van der Waals surface area (Å²) in [5, 5.41) is 3.51. The van der Waals surface area contributed by atoms with Gasteiger partial charge in [-0.1, -0.05) is 34.6 Å². The number of nitrogens with one attached hydrogen (secondary N) is 1. The highest BCUT2D eigenvalue weighted by atomic mass is 14.9. The molecule has 1 heteroatoms. The predicted octanol–water partition coefficient (Wildman–Crippen LogP) is 3.45. The maximum atomic E-state index is 3.51. The Bertz CT molecular complexity index is 112. The number of hydrogen-bond donors (Lipinski definition) is 1. The second kappa shape index (κ2) is 6.42. The van der Waals surface area contributed by atoms with Crippen molar-refractivity contribution < 1.29 is 0 Å². The van der Waals surface area contributed by atoms with Gasteiger partial charge in [0.15, 0.2) is 0 Å². The minimum Gasteiger partial charge on any atom is -0.316 e. The molecule has 0 aromatic rings. The lowest BCUT2D eigenvalue weighted by atomic mass is 9.70. The first-order valence-corrected chi connectivity index (χ1v) is 5.92. The van der Waals surface area contributed by atoms with E-state index in [0.717, 1.165) is 5.92 Å². The first-order valence-electron chi connectivity index (χ1n) is 5.92. The zero-order valence-electron chi connectivity index (χ0n) is 10.1. The molecule has 0 saturated carbocycles. The Labute approximate surface area is 84.3 Å². The van der Waals surface area contributed by atoms with Crippen LogP contribution in [0.4, 0.5) is 0 Å². The van der Waals surface area contributed by atoms with Crippen molar-refractivity contribution in [3.8, 4) is 0 Å². The fourth-order valence-corrected chi connectivity index (χ4v) is 2.19. The molecular formula is C12H27N. The molecule has 1 rings (SSSR count). The van der Waals surface area contributed by atoms with Crippen LogP contribution in [0.5, 0.6) is 0 Å². The third-order valence-corrected chi connectivity index (χ3v) is 3.43. The molecule has 1 N–H and O–H groups in total. The quantitative estimate of drug-likeness (QED) is 0.695. The van der Waals surface area contributed by atoms with Gasteiger partial charge < -0.3 is 5.32 Å². The van der Waals surface area contributed by atoms with E-state index in [9.17, 15) is 0 Å². The summed E-state index contributed by atoms with van der Waals surface area (Å²) >= 11 is 0. The Morgan fingerprint density at radius 2 is 1.92 bits per heavy atom. The molecule has 1 aliphatic heterocycles. The molecule has 1 unspecified atom stereocenters. The largest absolute Gasteiger partial charge is 0.316 e. The summed E-state index contributed by atoms with van der Waals surface area (Å²) in [6, 6.07) is 0. The van der Waals surface area contributed by atoms with E-state index in [-0.39, 0.29) is 0 Å². The van der Waals surface area contributed by atoms with Gasteiger partial charge in [0.25, 0.3) is 0 Å². The summed E-state index contributed by atoms with van der Waals surface area (Å²) in [4.78, 5) is 0. The van der Waals surface area contributed by atoms with Gasteiger partial charge in [0.05, 0.1) is 0 Å². The monoisotopic (exact) mass is 185 g/mol. The minimum atomic E-state index is 0.609. The van der Waals surface area contributed by atoms with Crippen molar-refractivity contribution in [1.82, 2.24) is 5.32 Å². The molecule has 0 amide bonds. The van der Waals surface area contributed by atoms with Crippen LogP contribution in [0, 0.1) is 11.3 Å². The number of hydrogen-bond acceptors (Lipinski definition) is 1. The maximum absolute atomic E-state index is 3.51. The van der Waals surface area contributed by atoms with Crippen LogP contribution in [0.1, 0.15) is 53.9 Å². The van der Waals surface area contributed by atoms with Crippen molar-refractivity contribution >= 4 is 0 Å². The molecule has 0 bridgehead atoms. The molecule has 1 saturated heterocycles. The normalized spacial score (nSPS) is 28.2. The molecular weight excluding hydrogens is 158 g/mol. The van der Waals surface area contributed by atoms with Gasteiger partial charge in [-0.2, -0.15) is 0 Å². The molecule has 1 fully saturated rings. The van der Waals surface area contributed by atoms with Crippen LogP contribution in [0.2, 0.25) is 0 Å². The Balaban J connectivity index is 0.000000671. The van der Waals surface area contributed by atoms with Gasteiger partial charge in [0, 0.05) is 6.54 Å². The lowest BCUT2D eigenvalue weighted by Crippen LogP contribution is -2.42. The van der Waals surface area contributed by atoms with Gasteiger partial charge in [-0.15, -0.1) is 0 Å². The lowest BCUT2D eigenvalue weighted by molar-refractivity contribution is 0.129. The molecule has 1 aliphatic rings. The number of rotatable bonds is 2. The molecule has 13 heavy (non-hydrogen) atoms. The third-order valence-electron chi connectivity index (χ3n) is 3.43. The van der Waals surface area contributed by atoms with Gasteiger partial charge in [0.2, 0.25) is 0 Å². The fraction of sp³-hybridized carbons (Fsp3) is 1.00. The first kappa shape index (κ1) is 13.0. The molecule has 80 valence electrons. The van der Waals surface area contributed by atoms with Crippen molar-refractivity contribution in [3.05, 3.63) is 0 Å². The van der Waals surface area contributed by atoms with E-state index in [2.05, 4.69) is 26.1 Å². The summed E-state index contributed by atoms with van der Waals surface area (Å²) in [6.45, 7) is 13.5. The maximum Gasteiger partial charge on any atom is 0.00102 e. The Morgan fingerprint density at radius 1 is 1.31 bits per heavy atom. The van der Waals surface area contributed by atoms with Crippen molar-refractivity contribution in [3.63, 3.8) is 0 Å². The second-order valence-corrected chi connectivity index (χ2v) is 4.15. The molecule has 0 aromatic heterocycles. The standard InChI is InChI=1S/C10H21N.C2H6/c1-4-10(9(2)3)6-5-7-11-8-10;1-2/h9,11H,4-8H2,1-3H3;1-2H3. The van der Waals surface area contributed by atoms with Crippen molar-refractivity contribution in [1.29, 1.82) is 0 Å². The highest BCUT2D eigenvalue weighted by Crippen LogP contribution is 2.37. The first-order chi connectivity index (χ1) is 6.21. The molecule has 1 atom stereocenters. The molecule has 1 nitrogen and oxygen atoms in total. The Kier molecular flexibility index (Phi) is 6.40. The summed E-state index contributed by atoms with van der Waals surface area (Å²) in [5.74, 6) is 0.834. The van der Waals surface area contributed by atoms with Crippen LogP contribution in [0.3, 0.4) is 0 Å². The van der Waals surface area contributed by atoms with Gasteiger partial charge in [0.1, 0.15) is 0 Å². The van der Waals surface area contributed by atoms with Crippen molar-refractivity contribution in [2.75, 3.05) is 13.1 Å². The fourth-order valence-electron chi connectivity index (χ4n) is 2.19. The second-order valence-electron chi connectivity index (χ2n) is 4.15. The van der Waals surface area contributed by atoms with Gasteiger partial charge in [-0.25, -0.2) is 0 Å². The van der Waals surface area contributed by atoms with E-state index < -0.39 is 0 Å². The Hall–Kier alpha value is -0.0400. The average molecular weight is 185 g/mol. The smallest absolute Gasteiger partial charge is 0.00102 e. The summed E-state index contributed by atoms with van der Waals surface area (Å²) in [6.07, 6.45) is 4.12. The van der Waals surface area contributed by atoms with Gasteiger partial charge in [-0.3, -0.25) is 0 Å². The van der Waals surface area contributed by atoms with Gasteiger partial charge >= 0.3 is 0 Å². The highest BCUT2D eigenvalue weighted by molar-refractivity contribution is 4.86. The van der Waals surface area contributed by atoms with Crippen molar-refractivity contribution in [2.24, 2.45) is 11.3 Å². The molecule has 0 aliphatic carbocycles. The van der Waals surface area contributed by atoms with Crippen LogP contribution < -0.4 is 5.32 Å². The molecule has 0 aromatic carbocycles. The van der Waals surface area contributed by atoms with E-state index in [4.69, 9.17) is 0 Å². The van der Waals surface area contributed by atoms with Crippen LogP contribution in [0.25, 0.3) is 0 Å². The topological polar surface area (TPSA) is 12.0 Å². The van der Waals surface area contributed by atoms with Crippen LogP contribution in [-0.4, -0.2) is 13.1 Å². The zero-order chi connectivity index (χ0) is 10.3. The SMILES string of the molecule is CC.CCC1(C(C)C)CCCNC1. The van der Waals surface area contributed by atoms with E-state index >= 15 is 0 Å². The zero-order valence-corrected chi connectivity index (χ0v) is 10.1. The molecule has 1 heterocycles. The lowest BCUT2D eigenvalue weighted by Gasteiger charge is -2.40. The van der Waals surface area contributed by atoms with Crippen molar-refractivity contribution in [2.45, 2.75) is 53.9 Å². The summed E-state index contributed by atoms with van der Waals surface area (Å²) in [5.41, 5.74) is 0.609. The summed E-state index contributed by atoms with van der Waals surface area (Å²) < 4.78 is 0. The van der Waals surface area contributed by atoms with E-state index in [0.29, 0.717) is 5.41 Å². The third kappa shape index (κ3) is 3.30. The van der Waals surface area contributed by atoms with E-state index in [1.165, 1.54) is 32.4 Å².